The molecule has 0 aliphatic carbocycles. The fourth-order valence-corrected chi connectivity index (χ4v) is 1.43. The van der Waals surface area contributed by atoms with Crippen molar-refractivity contribution in [2.24, 2.45) is 0 Å². The van der Waals surface area contributed by atoms with Crippen molar-refractivity contribution in [3.8, 4) is 0 Å². The van der Waals surface area contributed by atoms with Crippen molar-refractivity contribution in [1.82, 2.24) is 0 Å². The van der Waals surface area contributed by atoms with Crippen LogP contribution in [0.5, 0.6) is 0 Å². The van der Waals surface area contributed by atoms with Gasteiger partial charge in [0.2, 0.25) is 5.91 Å². The predicted octanol–water partition coefficient (Wildman–Crippen LogP) is 3.70. The molecule has 0 aliphatic heterocycles. The molecule has 0 saturated carbocycles. The van der Waals surface area contributed by atoms with Gasteiger partial charge in [-0.05, 0) is 24.6 Å². The zero-order chi connectivity index (χ0) is 11.4. The highest BCUT2D eigenvalue weighted by atomic mass is 79.9. The van der Waals surface area contributed by atoms with E-state index in [2.05, 4.69) is 37.2 Å². The van der Waals surface area contributed by atoms with Gasteiger partial charge in [-0.25, -0.2) is 4.39 Å². The summed E-state index contributed by atoms with van der Waals surface area (Å²) in [6.07, 6.45) is 0.657. The molecule has 0 fully saturated rings. The number of amides is 1. The molecule has 0 bridgehead atoms. The van der Waals surface area contributed by atoms with Gasteiger partial charge in [0.1, 0.15) is 5.82 Å². The molecule has 0 aromatic heterocycles. The van der Waals surface area contributed by atoms with Gasteiger partial charge in [0.05, 0.1) is 10.5 Å². The largest absolute Gasteiger partial charge is 0.323 e. The van der Waals surface area contributed by atoms with Crippen LogP contribution in [-0.2, 0) is 4.79 Å². The Labute approximate surface area is 105 Å². The number of carbonyl (C=O) groups is 1. The molecule has 15 heavy (non-hydrogen) atoms. The SMILES string of the molecule is CCC(Br)C(=O)Nc1ccc(Br)cc1F. The molecule has 1 atom stereocenters. The number of anilines is 1. The van der Waals surface area contributed by atoms with Crippen molar-refractivity contribution in [2.45, 2.75) is 18.2 Å². The van der Waals surface area contributed by atoms with Gasteiger partial charge in [-0.15, -0.1) is 0 Å². The molecular weight excluding hydrogens is 329 g/mol. The smallest absolute Gasteiger partial charge is 0.238 e. The highest BCUT2D eigenvalue weighted by molar-refractivity contribution is 9.10. The summed E-state index contributed by atoms with van der Waals surface area (Å²) in [5.74, 6) is -0.688. The number of alkyl halides is 1. The lowest BCUT2D eigenvalue weighted by molar-refractivity contribution is -0.115. The third-order valence-electron chi connectivity index (χ3n) is 1.83. The van der Waals surface area contributed by atoms with E-state index in [1.165, 1.54) is 12.1 Å². The summed E-state index contributed by atoms with van der Waals surface area (Å²) < 4.78 is 14.0. The Morgan fingerprint density at radius 3 is 2.80 bits per heavy atom. The third-order valence-corrected chi connectivity index (χ3v) is 3.39. The maximum atomic E-state index is 13.3. The van der Waals surface area contributed by atoms with Crippen molar-refractivity contribution in [3.63, 3.8) is 0 Å². The van der Waals surface area contributed by atoms with E-state index in [1.54, 1.807) is 6.07 Å². The van der Waals surface area contributed by atoms with E-state index in [9.17, 15) is 9.18 Å². The molecule has 0 spiro atoms. The lowest BCUT2D eigenvalue weighted by Crippen LogP contribution is -2.22. The van der Waals surface area contributed by atoms with Crippen molar-refractivity contribution in [2.75, 3.05) is 5.32 Å². The molecule has 0 radical (unpaired) electrons. The number of hydrogen-bond donors (Lipinski definition) is 1. The van der Waals surface area contributed by atoms with Gasteiger partial charge < -0.3 is 5.32 Å². The minimum Gasteiger partial charge on any atom is -0.323 e. The molecule has 5 heteroatoms. The first-order valence-electron chi connectivity index (χ1n) is 4.44. The predicted molar refractivity (Wildman–Crippen MR) is 65.7 cm³/mol. The average Bonchev–Trinajstić information content (AvgIpc) is 2.20. The molecule has 1 N–H and O–H groups in total. The molecule has 0 saturated heterocycles. The van der Waals surface area contributed by atoms with Crippen LogP contribution in [0.1, 0.15) is 13.3 Å². The van der Waals surface area contributed by atoms with Crippen LogP contribution in [0.25, 0.3) is 0 Å². The normalized spacial score (nSPS) is 12.3. The Bertz CT molecular complexity index is 370. The van der Waals surface area contributed by atoms with Gasteiger partial charge >= 0.3 is 0 Å². The quantitative estimate of drug-likeness (QED) is 0.836. The molecule has 82 valence electrons. The monoisotopic (exact) mass is 337 g/mol. The summed E-state index contributed by atoms with van der Waals surface area (Å²) in [7, 11) is 0. The van der Waals surface area contributed by atoms with E-state index in [0.717, 1.165) is 0 Å². The second-order valence-corrected chi connectivity index (χ2v) is 5.01. The van der Waals surface area contributed by atoms with Crippen molar-refractivity contribution in [3.05, 3.63) is 28.5 Å². The minimum absolute atomic E-state index is 0.195. The summed E-state index contributed by atoms with van der Waals surface area (Å²) in [6.45, 7) is 1.87. The van der Waals surface area contributed by atoms with Gasteiger partial charge in [0.15, 0.2) is 0 Å². The maximum Gasteiger partial charge on any atom is 0.238 e. The number of rotatable bonds is 3. The standard InChI is InChI=1S/C10H10Br2FNO/c1-2-7(12)10(15)14-9-4-3-6(11)5-8(9)13/h3-5,7H,2H2,1H3,(H,14,15). The van der Waals surface area contributed by atoms with E-state index in [4.69, 9.17) is 0 Å². The Kier molecular flexibility index (Phi) is 4.73. The van der Waals surface area contributed by atoms with E-state index in [-0.39, 0.29) is 16.4 Å². The number of halogens is 3. The molecule has 2 nitrogen and oxygen atoms in total. The van der Waals surface area contributed by atoms with Crippen molar-refractivity contribution < 1.29 is 9.18 Å². The number of carbonyl (C=O) groups excluding carboxylic acids is 1. The van der Waals surface area contributed by atoms with Crippen LogP contribution in [-0.4, -0.2) is 10.7 Å². The van der Waals surface area contributed by atoms with Crippen LogP contribution in [0.3, 0.4) is 0 Å². The Morgan fingerprint density at radius 1 is 1.60 bits per heavy atom. The highest BCUT2D eigenvalue weighted by Crippen LogP contribution is 2.20. The van der Waals surface area contributed by atoms with Gasteiger partial charge in [-0.2, -0.15) is 0 Å². The molecule has 0 aliphatic rings. The zero-order valence-corrected chi connectivity index (χ0v) is 11.2. The van der Waals surface area contributed by atoms with Crippen LogP contribution in [0.15, 0.2) is 22.7 Å². The number of hydrogen-bond acceptors (Lipinski definition) is 1. The first-order valence-corrected chi connectivity index (χ1v) is 6.15. The Morgan fingerprint density at radius 2 is 2.27 bits per heavy atom. The molecule has 1 unspecified atom stereocenters. The fourth-order valence-electron chi connectivity index (χ4n) is 0.987. The average molecular weight is 339 g/mol. The van der Waals surface area contributed by atoms with E-state index in [0.29, 0.717) is 10.9 Å². The van der Waals surface area contributed by atoms with Crippen LogP contribution < -0.4 is 5.32 Å². The van der Waals surface area contributed by atoms with Gasteiger partial charge in [-0.3, -0.25) is 4.79 Å². The number of nitrogens with one attached hydrogen (secondary N) is 1. The Balaban J connectivity index is 2.77. The zero-order valence-electron chi connectivity index (χ0n) is 8.06. The third kappa shape index (κ3) is 3.57. The maximum absolute atomic E-state index is 13.3. The first-order chi connectivity index (χ1) is 7.04. The first kappa shape index (κ1) is 12.6. The number of benzene rings is 1. The van der Waals surface area contributed by atoms with Gasteiger partial charge in [-0.1, -0.05) is 38.8 Å². The summed E-state index contributed by atoms with van der Waals surface area (Å²) in [6, 6.07) is 4.51. The molecule has 1 amide bonds. The van der Waals surface area contributed by atoms with Crippen molar-refractivity contribution >= 4 is 43.5 Å². The van der Waals surface area contributed by atoms with Crippen LogP contribution in [0.4, 0.5) is 10.1 Å². The van der Waals surface area contributed by atoms with Crippen LogP contribution >= 0.6 is 31.9 Å². The fraction of sp³-hybridized carbons (Fsp3) is 0.300. The molecule has 1 aromatic carbocycles. The lowest BCUT2D eigenvalue weighted by atomic mass is 10.2. The second-order valence-electron chi connectivity index (χ2n) is 2.99. The highest BCUT2D eigenvalue weighted by Gasteiger charge is 2.14. The van der Waals surface area contributed by atoms with Crippen LogP contribution in [0.2, 0.25) is 0 Å². The van der Waals surface area contributed by atoms with Gasteiger partial charge in [0, 0.05) is 4.47 Å². The van der Waals surface area contributed by atoms with E-state index >= 15 is 0 Å². The minimum atomic E-state index is -0.450. The molecule has 1 aromatic rings. The molecule has 1 rings (SSSR count). The van der Waals surface area contributed by atoms with Crippen LogP contribution in [0, 0.1) is 5.82 Å². The molecule has 0 heterocycles. The van der Waals surface area contributed by atoms with Crippen molar-refractivity contribution in [1.29, 1.82) is 0 Å². The summed E-state index contributed by atoms with van der Waals surface area (Å²) in [5.41, 5.74) is 0.195. The van der Waals surface area contributed by atoms with E-state index in [1.807, 2.05) is 6.92 Å². The summed E-state index contributed by atoms with van der Waals surface area (Å²) >= 11 is 6.34. The summed E-state index contributed by atoms with van der Waals surface area (Å²) in [4.78, 5) is 11.2. The Hall–Kier alpha value is -0.420. The van der Waals surface area contributed by atoms with Gasteiger partial charge in [0.25, 0.3) is 0 Å². The van der Waals surface area contributed by atoms with E-state index < -0.39 is 5.82 Å². The second kappa shape index (κ2) is 5.61. The molecular formula is C10H10Br2FNO. The summed E-state index contributed by atoms with van der Waals surface area (Å²) in [5, 5.41) is 2.51. The topological polar surface area (TPSA) is 29.1 Å². The lowest BCUT2D eigenvalue weighted by Gasteiger charge is -2.09.